The molecular formula is C20H23NO6S. The lowest BCUT2D eigenvalue weighted by Crippen LogP contribution is -2.34. The van der Waals surface area contributed by atoms with Gasteiger partial charge in [0.05, 0.1) is 12.0 Å². The SMILES string of the molecule is COc1ccc(C(=O)[C@H](C)OC(=O)CNS(=O)(=O)c2cc(C)ccc2C)cc1. The van der Waals surface area contributed by atoms with Crippen molar-refractivity contribution < 1.29 is 27.5 Å². The monoisotopic (exact) mass is 405 g/mol. The highest BCUT2D eigenvalue weighted by Gasteiger charge is 2.22. The van der Waals surface area contributed by atoms with Gasteiger partial charge >= 0.3 is 5.97 Å². The maximum absolute atomic E-state index is 12.4. The summed E-state index contributed by atoms with van der Waals surface area (Å²) in [6, 6.07) is 11.4. The molecule has 8 heteroatoms. The van der Waals surface area contributed by atoms with Gasteiger partial charge in [0.15, 0.2) is 6.10 Å². The number of benzene rings is 2. The molecule has 1 N–H and O–H groups in total. The predicted molar refractivity (Wildman–Crippen MR) is 104 cm³/mol. The first kappa shape index (κ1) is 21.6. The second kappa shape index (κ2) is 8.99. The number of sulfonamides is 1. The molecule has 0 fully saturated rings. The van der Waals surface area contributed by atoms with E-state index in [1.807, 2.05) is 0 Å². The van der Waals surface area contributed by atoms with Crippen molar-refractivity contribution in [2.45, 2.75) is 31.8 Å². The zero-order valence-corrected chi connectivity index (χ0v) is 17.0. The third-order valence-electron chi connectivity index (χ3n) is 4.09. The molecule has 0 aromatic heterocycles. The summed E-state index contributed by atoms with van der Waals surface area (Å²) < 4.78 is 37.1. The van der Waals surface area contributed by atoms with Crippen LogP contribution in [0.1, 0.15) is 28.4 Å². The van der Waals surface area contributed by atoms with Gasteiger partial charge in [-0.05, 0) is 62.2 Å². The van der Waals surface area contributed by atoms with Crippen LogP contribution in [-0.2, 0) is 19.6 Å². The Bertz CT molecular complexity index is 967. The normalized spacial score (nSPS) is 12.3. The average Bonchev–Trinajstić information content (AvgIpc) is 2.67. The molecule has 0 amide bonds. The molecule has 0 bridgehead atoms. The Kier molecular flexibility index (Phi) is 6.93. The molecule has 7 nitrogen and oxygen atoms in total. The Morgan fingerprint density at radius 2 is 1.71 bits per heavy atom. The van der Waals surface area contributed by atoms with Crippen LogP contribution in [0.2, 0.25) is 0 Å². The van der Waals surface area contributed by atoms with Crippen molar-refractivity contribution in [1.29, 1.82) is 0 Å². The number of rotatable bonds is 8. The molecule has 2 rings (SSSR count). The Morgan fingerprint density at radius 3 is 2.32 bits per heavy atom. The van der Waals surface area contributed by atoms with Gasteiger partial charge in [0.2, 0.25) is 15.8 Å². The van der Waals surface area contributed by atoms with Gasteiger partial charge in [-0.25, -0.2) is 8.42 Å². The molecule has 0 unspecified atom stereocenters. The highest BCUT2D eigenvalue weighted by molar-refractivity contribution is 7.89. The van der Waals surface area contributed by atoms with E-state index in [9.17, 15) is 18.0 Å². The van der Waals surface area contributed by atoms with Gasteiger partial charge in [-0.3, -0.25) is 9.59 Å². The molecule has 2 aromatic carbocycles. The number of ketones is 1. The maximum atomic E-state index is 12.4. The van der Waals surface area contributed by atoms with Crippen LogP contribution < -0.4 is 9.46 Å². The van der Waals surface area contributed by atoms with Crippen LogP contribution in [0.5, 0.6) is 5.75 Å². The van der Waals surface area contributed by atoms with Crippen molar-refractivity contribution >= 4 is 21.8 Å². The summed E-state index contributed by atoms with van der Waals surface area (Å²) in [7, 11) is -2.36. The van der Waals surface area contributed by atoms with Gasteiger partial charge < -0.3 is 9.47 Å². The number of nitrogens with one attached hydrogen (secondary N) is 1. The van der Waals surface area contributed by atoms with E-state index in [1.54, 1.807) is 50.2 Å². The number of hydrogen-bond acceptors (Lipinski definition) is 6. The van der Waals surface area contributed by atoms with E-state index < -0.39 is 34.4 Å². The molecule has 150 valence electrons. The average molecular weight is 405 g/mol. The largest absolute Gasteiger partial charge is 0.497 e. The zero-order valence-electron chi connectivity index (χ0n) is 16.2. The first-order valence-electron chi connectivity index (χ1n) is 8.58. The second-order valence-electron chi connectivity index (χ2n) is 6.32. The van der Waals surface area contributed by atoms with E-state index >= 15 is 0 Å². The number of aryl methyl sites for hydroxylation is 2. The van der Waals surface area contributed by atoms with E-state index in [2.05, 4.69) is 4.72 Å². The van der Waals surface area contributed by atoms with Crippen LogP contribution in [0.4, 0.5) is 0 Å². The lowest BCUT2D eigenvalue weighted by Gasteiger charge is -2.14. The van der Waals surface area contributed by atoms with Gasteiger partial charge in [-0.15, -0.1) is 0 Å². The van der Waals surface area contributed by atoms with Crippen LogP contribution in [0.25, 0.3) is 0 Å². The van der Waals surface area contributed by atoms with Crippen LogP contribution in [-0.4, -0.2) is 39.9 Å². The molecule has 2 aromatic rings. The summed E-state index contributed by atoms with van der Waals surface area (Å²) >= 11 is 0. The smallest absolute Gasteiger partial charge is 0.321 e. The molecule has 0 aliphatic rings. The van der Waals surface area contributed by atoms with Crippen LogP contribution in [0.15, 0.2) is 47.4 Å². The molecule has 1 atom stereocenters. The lowest BCUT2D eigenvalue weighted by molar-refractivity contribution is -0.144. The van der Waals surface area contributed by atoms with Crippen LogP contribution in [0, 0.1) is 13.8 Å². The number of carbonyl (C=O) groups is 2. The third kappa shape index (κ3) is 5.40. The van der Waals surface area contributed by atoms with Gasteiger partial charge in [-0.1, -0.05) is 12.1 Å². The lowest BCUT2D eigenvalue weighted by atomic mass is 10.1. The van der Waals surface area contributed by atoms with Crippen molar-refractivity contribution in [3.8, 4) is 5.75 Å². The number of Topliss-reactive ketones (excluding diaryl/α,β-unsaturated/α-hetero) is 1. The third-order valence-corrected chi connectivity index (χ3v) is 5.63. The first-order chi connectivity index (χ1) is 13.1. The van der Waals surface area contributed by atoms with Gasteiger partial charge in [0.25, 0.3) is 0 Å². The molecular weight excluding hydrogens is 382 g/mol. The predicted octanol–water partition coefficient (Wildman–Crippen LogP) is 2.40. The van der Waals surface area contributed by atoms with Gasteiger partial charge in [0, 0.05) is 5.56 Å². The molecule has 0 radical (unpaired) electrons. The molecule has 0 aliphatic heterocycles. The molecule has 28 heavy (non-hydrogen) atoms. The van der Waals surface area contributed by atoms with Crippen LogP contribution >= 0.6 is 0 Å². The van der Waals surface area contributed by atoms with E-state index in [-0.39, 0.29) is 4.90 Å². The van der Waals surface area contributed by atoms with E-state index in [1.165, 1.54) is 20.1 Å². The summed E-state index contributed by atoms with van der Waals surface area (Å²) in [6.45, 7) is 4.31. The summed E-state index contributed by atoms with van der Waals surface area (Å²) in [5.41, 5.74) is 1.71. The Balaban J connectivity index is 1.97. The highest BCUT2D eigenvalue weighted by atomic mass is 32.2. The fraction of sp³-hybridized carbons (Fsp3) is 0.300. The standard InChI is InChI=1S/C20H23NO6S/c1-13-5-6-14(2)18(11-13)28(24,25)21-12-19(22)27-15(3)20(23)16-7-9-17(26-4)10-8-16/h5-11,15,21H,12H2,1-4H3/t15-/m0/s1. The van der Waals surface area contributed by atoms with Gasteiger partial charge in [-0.2, -0.15) is 4.72 Å². The Labute approximate surface area is 164 Å². The van der Waals surface area contributed by atoms with Crippen molar-refractivity contribution in [2.75, 3.05) is 13.7 Å². The summed E-state index contributed by atoms with van der Waals surface area (Å²) in [4.78, 5) is 24.4. The summed E-state index contributed by atoms with van der Waals surface area (Å²) in [5.74, 6) is -0.640. The van der Waals surface area contributed by atoms with E-state index in [4.69, 9.17) is 9.47 Å². The molecule has 0 spiro atoms. The number of esters is 1. The number of carbonyl (C=O) groups excluding carboxylic acids is 2. The Hall–Kier alpha value is -2.71. The Morgan fingerprint density at radius 1 is 1.07 bits per heavy atom. The molecule has 0 saturated heterocycles. The van der Waals surface area contributed by atoms with Crippen LogP contribution in [0.3, 0.4) is 0 Å². The maximum Gasteiger partial charge on any atom is 0.321 e. The summed E-state index contributed by atoms with van der Waals surface area (Å²) in [6.07, 6.45) is -1.05. The topological polar surface area (TPSA) is 98.8 Å². The number of hydrogen-bond donors (Lipinski definition) is 1. The minimum absolute atomic E-state index is 0.0997. The van der Waals surface area contributed by atoms with E-state index in [0.29, 0.717) is 16.9 Å². The quantitative estimate of drug-likeness (QED) is 0.535. The first-order valence-corrected chi connectivity index (χ1v) is 10.1. The number of ether oxygens (including phenoxy) is 2. The number of methoxy groups -OCH3 is 1. The van der Waals surface area contributed by atoms with Crippen molar-refractivity contribution in [1.82, 2.24) is 4.72 Å². The van der Waals surface area contributed by atoms with Crippen molar-refractivity contribution in [3.05, 3.63) is 59.2 Å². The van der Waals surface area contributed by atoms with E-state index in [0.717, 1.165) is 5.56 Å². The van der Waals surface area contributed by atoms with Crippen molar-refractivity contribution in [3.63, 3.8) is 0 Å². The molecule has 0 saturated carbocycles. The fourth-order valence-electron chi connectivity index (χ4n) is 2.51. The fourth-order valence-corrected chi connectivity index (χ4v) is 3.81. The second-order valence-corrected chi connectivity index (χ2v) is 8.05. The van der Waals surface area contributed by atoms with Crippen molar-refractivity contribution in [2.24, 2.45) is 0 Å². The molecule has 0 aliphatic carbocycles. The zero-order chi connectivity index (χ0) is 20.9. The summed E-state index contributed by atoms with van der Waals surface area (Å²) in [5, 5.41) is 0. The van der Waals surface area contributed by atoms with Gasteiger partial charge in [0.1, 0.15) is 12.3 Å². The molecule has 0 heterocycles. The highest BCUT2D eigenvalue weighted by Crippen LogP contribution is 2.17. The minimum Gasteiger partial charge on any atom is -0.497 e. The minimum atomic E-state index is -3.87.